The van der Waals surface area contributed by atoms with E-state index in [9.17, 15) is 13.6 Å². The number of nitrogens with zero attached hydrogens (tertiary/aromatic N) is 3. The molecule has 1 unspecified atom stereocenters. The summed E-state index contributed by atoms with van der Waals surface area (Å²) in [5.74, 6) is 0.288. The number of hydrogen-bond donors (Lipinski definition) is 2. The molecule has 2 heterocycles. The number of aromatic nitrogens is 3. The van der Waals surface area contributed by atoms with E-state index in [1.54, 1.807) is 48.9 Å². The Labute approximate surface area is 224 Å². The monoisotopic (exact) mass is 530 g/mol. The summed E-state index contributed by atoms with van der Waals surface area (Å²) in [4.78, 5) is 26.1. The Morgan fingerprint density at radius 3 is 2.74 bits per heavy atom. The molecule has 0 saturated carbocycles. The molecular formula is C28H28N5O4S-. The average molecular weight is 531 g/mol. The van der Waals surface area contributed by atoms with Gasteiger partial charge in [0.25, 0.3) is 5.91 Å². The molecule has 0 spiro atoms. The number of pyridine rings is 1. The van der Waals surface area contributed by atoms with Gasteiger partial charge in [0, 0.05) is 52.4 Å². The van der Waals surface area contributed by atoms with Gasteiger partial charge in [-0.15, -0.1) is 0 Å². The first-order chi connectivity index (χ1) is 18.4. The maximum Gasteiger partial charge on any atom is 0.255 e. The molecule has 2 aromatic heterocycles. The number of ether oxygens (including phenoxy) is 1. The van der Waals surface area contributed by atoms with Crippen LogP contribution in [-0.4, -0.2) is 36.2 Å². The molecule has 0 radical (unpaired) electrons. The van der Waals surface area contributed by atoms with E-state index in [0.29, 0.717) is 35.1 Å². The molecule has 2 aromatic carbocycles. The van der Waals surface area contributed by atoms with E-state index < -0.39 is 11.1 Å². The van der Waals surface area contributed by atoms with E-state index in [0.717, 1.165) is 35.3 Å². The molecule has 0 aliphatic carbocycles. The van der Waals surface area contributed by atoms with E-state index in [2.05, 4.69) is 25.6 Å². The second-order valence-corrected chi connectivity index (χ2v) is 9.48. The van der Waals surface area contributed by atoms with Gasteiger partial charge in [-0.25, -0.2) is 9.97 Å². The fraction of sp³-hybridized carbons (Fsp3) is 0.214. The number of nitrogens with one attached hydrogen (secondary N) is 2. The van der Waals surface area contributed by atoms with Crippen LogP contribution < -0.4 is 15.4 Å². The van der Waals surface area contributed by atoms with Crippen molar-refractivity contribution in [1.29, 1.82) is 0 Å². The molecule has 0 saturated heterocycles. The van der Waals surface area contributed by atoms with Gasteiger partial charge in [-0.05, 0) is 61.4 Å². The first kappa shape index (κ1) is 26.9. The van der Waals surface area contributed by atoms with Gasteiger partial charge >= 0.3 is 0 Å². The van der Waals surface area contributed by atoms with E-state index in [1.165, 1.54) is 0 Å². The minimum atomic E-state index is -2.27. The van der Waals surface area contributed by atoms with Crippen molar-refractivity contribution in [2.24, 2.45) is 0 Å². The molecule has 2 N–H and O–H groups in total. The molecule has 4 aromatic rings. The summed E-state index contributed by atoms with van der Waals surface area (Å²) in [6.07, 6.45) is 6.87. The van der Waals surface area contributed by atoms with Gasteiger partial charge in [0.15, 0.2) is 0 Å². The van der Waals surface area contributed by atoms with Crippen LogP contribution in [0.15, 0.2) is 73.2 Å². The lowest BCUT2D eigenvalue weighted by molar-refractivity contribution is 0.102. The standard InChI is InChI=1S/C28H29N5O4S/c1-3-4-14-37-26-15-20(8-9-22(26)18-38(35)36)27(34)31-23-10-7-19(2)25(16-23)33-28-30-13-11-24(32-28)21-6-5-12-29-17-21/h5-13,15-17H,3-4,14,18H2,1-2H3,(H,31,34)(H,35,36)(H,30,32,33)/p-1. The average Bonchev–Trinajstić information content (AvgIpc) is 2.92. The van der Waals surface area contributed by atoms with Crippen molar-refractivity contribution in [2.45, 2.75) is 32.4 Å². The molecule has 0 bridgehead atoms. The zero-order chi connectivity index (χ0) is 26.9. The van der Waals surface area contributed by atoms with Crippen LogP contribution in [0.5, 0.6) is 5.75 Å². The minimum absolute atomic E-state index is 0.180. The van der Waals surface area contributed by atoms with Crippen LogP contribution in [-0.2, 0) is 16.8 Å². The quantitative estimate of drug-likeness (QED) is 0.195. The summed E-state index contributed by atoms with van der Waals surface area (Å²) in [6, 6.07) is 15.9. The number of benzene rings is 2. The molecular weight excluding hydrogens is 502 g/mol. The first-order valence-corrected chi connectivity index (χ1v) is 13.4. The van der Waals surface area contributed by atoms with E-state index in [4.69, 9.17) is 4.74 Å². The Morgan fingerprint density at radius 1 is 1.11 bits per heavy atom. The van der Waals surface area contributed by atoms with Crippen LogP contribution in [0.4, 0.5) is 17.3 Å². The number of carbonyl (C=O) groups is 1. The van der Waals surface area contributed by atoms with Gasteiger partial charge in [0.1, 0.15) is 5.75 Å². The first-order valence-electron chi connectivity index (χ1n) is 12.2. The van der Waals surface area contributed by atoms with Crippen molar-refractivity contribution < 1.29 is 18.3 Å². The molecule has 10 heteroatoms. The molecule has 38 heavy (non-hydrogen) atoms. The Bertz CT molecular complexity index is 1430. The number of unbranched alkanes of at least 4 members (excludes halogenated alkanes) is 1. The molecule has 196 valence electrons. The Kier molecular flexibility index (Phi) is 9.12. The topological polar surface area (TPSA) is 129 Å². The third kappa shape index (κ3) is 7.21. The van der Waals surface area contributed by atoms with Crippen molar-refractivity contribution >= 4 is 34.3 Å². The fourth-order valence-corrected chi connectivity index (χ4v) is 4.15. The van der Waals surface area contributed by atoms with Crippen molar-refractivity contribution in [2.75, 3.05) is 17.2 Å². The molecule has 4 rings (SSSR count). The second-order valence-electron chi connectivity index (χ2n) is 8.59. The number of aryl methyl sites for hydroxylation is 1. The predicted octanol–water partition coefficient (Wildman–Crippen LogP) is 5.40. The third-order valence-electron chi connectivity index (χ3n) is 5.71. The predicted molar refractivity (Wildman–Crippen MR) is 147 cm³/mol. The SMILES string of the molecule is CCCCOc1cc(C(=O)Nc2ccc(C)c(Nc3nccc(-c4cccnc4)n3)c2)ccc1CS(=O)[O-]. The molecule has 9 nitrogen and oxygen atoms in total. The maximum absolute atomic E-state index is 13.0. The highest BCUT2D eigenvalue weighted by Crippen LogP contribution is 2.26. The lowest BCUT2D eigenvalue weighted by Crippen LogP contribution is -2.13. The lowest BCUT2D eigenvalue weighted by atomic mass is 10.1. The lowest BCUT2D eigenvalue weighted by Gasteiger charge is -2.15. The summed E-state index contributed by atoms with van der Waals surface area (Å²) >= 11 is -2.27. The van der Waals surface area contributed by atoms with Crippen LogP contribution >= 0.6 is 0 Å². The van der Waals surface area contributed by atoms with Gasteiger partial charge in [0.05, 0.1) is 12.3 Å². The fourth-order valence-electron chi connectivity index (χ4n) is 3.65. The maximum atomic E-state index is 13.0. The minimum Gasteiger partial charge on any atom is -0.772 e. The van der Waals surface area contributed by atoms with Gasteiger partial charge < -0.3 is 19.9 Å². The van der Waals surface area contributed by atoms with Crippen molar-refractivity contribution in [3.63, 3.8) is 0 Å². The molecule has 0 aliphatic rings. The van der Waals surface area contributed by atoms with E-state index in [-0.39, 0.29) is 11.7 Å². The van der Waals surface area contributed by atoms with E-state index in [1.807, 2.05) is 38.1 Å². The summed E-state index contributed by atoms with van der Waals surface area (Å²) in [5, 5.41) is 6.13. The van der Waals surface area contributed by atoms with Crippen LogP contribution in [0.3, 0.4) is 0 Å². The van der Waals surface area contributed by atoms with Gasteiger partial charge in [-0.2, -0.15) is 0 Å². The second kappa shape index (κ2) is 12.9. The molecule has 0 aliphatic heterocycles. The van der Waals surface area contributed by atoms with Crippen molar-refractivity contribution in [3.05, 3.63) is 89.9 Å². The normalized spacial score (nSPS) is 11.6. The number of anilines is 3. The Hall–Kier alpha value is -4.15. The zero-order valence-electron chi connectivity index (χ0n) is 21.1. The number of hydrogen-bond acceptors (Lipinski definition) is 8. The van der Waals surface area contributed by atoms with Gasteiger partial charge in [0.2, 0.25) is 5.95 Å². The van der Waals surface area contributed by atoms with Crippen LogP contribution in [0.2, 0.25) is 0 Å². The Morgan fingerprint density at radius 2 is 1.97 bits per heavy atom. The van der Waals surface area contributed by atoms with E-state index >= 15 is 0 Å². The highest BCUT2D eigenvalue weighted by Gasteiger charge is 2.13. The Balaban J connectivity index is 1.51. The highest BCUT2D eigenvalue weighted by molar-refractivity contribution is 7.78. The third-order valence-corrected chi connectivity index (χ3v) is 6.26. The van der Waals surface area contributed by atoms with Crippen molar-refractivity contribution in [1.82, 2.24) is 15.0 Å². The van der Waals surface area contributed by atoms with Gasteiger partial charge in [-0.3, -0.25) is 14.0 Å². The van der Waals surface area contributed by atoms with Crippen LogP contribution in [0, 0.1) is 6.92 Å². The smallest absolute Gasteiger partial charge is 0.255 e. The zero-order valence-corrected chi connectivity index (χ0v) is 22.0. The summed E-state index contributed by atoms with van der Waals surface area (Å²) < 4.78 is 28.3. The van der Waals surface area contributed by atoms with Crippen molar-refractivity contribution in [3.8, 4) is 17.0 Å². The number of carbonyl (C=O) groups excluding carboxylic acids is 1. The summed E-state index contributed by atoms with van der Waals surface area (Å²) in [5.41, 5.74) is 4.74. The van der Waals surface area contributed by atoms with Gasteiger partial charge in [-0.1, -0.05) is 36.6 Å². The summed E-state index contributed by atoms with van der Waals surface area (Å²) in [6.45, 7) is 4.42. The van der Waals surface area contributed by atoms with Crippen LogP contribution in [0.25, 0.3) is 11.3 Å². The van der Waals surface area contributed by atoms with Crippen LogP contribution in [0.1, 0.15) is 41.3 Å². The molecule has 1 amide bonds. The summed E-state index contributed by atoms with van der Waals surface area (Å²) in [7, 11) is 0. The number of rotatable bonds is 11. The largest absolute Gasteiger partial charge is 0.772 e. The highest BCUT2D eigenvalue weighted by atomic mass is 32.2. The molecule has 1 atom stereocenters. The molecule has 0 fully saturated rings. The number of amides is 1.